The number of nitrogens with one attached hydrogen (secondary N) is 1. The molecule has 0 aromatic carbocycles. The zero-order valence-corrected chi connectivity index (χ0v) is 17.0. The van der Waals surface area contributed by atoms with E-state index in [1.54, 1.807) is 11.3 Å². The monoisotopic (exact) mass is 395 g/mol. The van der Waals surface area contributed by atoms with Gasteiger partial charge in [0.15, 0.2) is 11.0 Å². The van der Waals surface area contributed by atoms with Crippen molar-refractivity contribution in [1.82, 2.24) is 25.0 Å². The largest absolute Gasteiger partial charge is 0.379 e. The summed E-state index contributed by atoms with van der Waals surface area (Å²) in [6, 6.07) is 4.01. The Labute approximate surface area is 162 Å². The first-order chi connectivity index (χ1) is 12.5. The molecule has 2 aromatic rings. The molecule has 0 spiro atoms. The van der Waals surface area contributed by atoms with Gasteiger partial charge in [-0.2, -0.15) is 0 Å². The average molecular weight is 396 g/mol. The Kier molecular flexibility index (Phi) is 6.33. The van der Waals surface area contributed by atoms with Crippen LogP contribution in [0.1, 0.15) is 13.8 Å². The fourth-order valence-corrected chi connectivity index (χ4v) is 4.32. The quantitative estimate of drug-likeness (QED) is 0.722. The summed E-state index contributed by atoms with van der Waals surface area (Å²) in [6.07, 6.45) is 0. The van der Waals surface area contributed by atoms with Crippen molar-refractivity contribution in [3.05, 3.63) is 17.5 Å². The van der Waals surface area contributed by atoms with Crippen LogP contribution in [0, 0.1) is 0 Å². The summed E-state index contributed by atoms with van der Waals surface area (Å²) >= 11 is 3.03. The van der Waals surface area contributed by atoms with Crippen LogP contribution >= 0.6 is 23.1 Å². The summed E-state index contributed by atoms with van der Waals surface area (Å²) in [5.41, 5.74) is -0.0821. The zero-order valence-electron chi connectivity index (χ0n) is 15.4. The third-order valence-corrected chi connectivity index (χ3v) is 6.38. The second-order valence-corrected chi connectivity index (χ2v) is 8.71. The highest BCUT2D eigenvalue weighted by Crippen LogP contribution is 2.25. The maximum atomic E-state index is 12.3. The molecule has 1 amide bonds. The average Bonchev–Trinajstić information content (AvgIpc) is 3.29. The minimum Gasteiger partial charge on any atom is -0.379 e. The van der Waals surface area contributed by atoms with E-state index < -0.39 is 0 Å². The predicted molar refractivity (Wildman–Crippen MR) is 105 cm³/mol. The van der Waals surface area contributed by atoms with Crippen molar-refractivity contribution in [2.75, 3.05) is 38.6 Å². The molecule has 1 aliphatic rings. The van der Waals surface area contributed by atoms with Gasteiger partial charge in [-0.1, -0.05) is 17.8 Å². The molecule has 0 atom stereocenters. The van der Waals surface area contributed by atoms with Gasteiger partial charge in [-0.25, -0.2) is 0 Å². The molecule has 1 saturated heterocycles. The van der Waals surface area contributed by atoms with Gasteiger partial charge in [-0.3, -0.25) is 9.69 Å². The lowest BCUT2D eigenvalue weighted by Gasteiger charge is -2.40. The molecule has 1 aliphatic heterocycles. The highest BCUT2D eigenvalue weighted by atomic mass is 32.2. The van der Waals surface area contributed by atoms with Gasteiger partial charge in [-0.15, -0.1) is 21.5 Å². The summed E-state index contributed by atoms with van der Waals surface area (Å²) in [6.45, 7) is 8.25. The van der Waals surface area contributed by atoms with E-state index in [1.807, 2.05) is 29.1 Å². The van der Waals surface area contributed by atoms with Crippen molar-refractivity contribution < 1.29 is 9.53 Å². The molecule has 142 valence electrons. The minimum absolute atomic E-state index is 0.0111. The van der Waals surface area contributed by atoms with Crippen molar-refractivity contribution in [1.29, 1.82) is 0 Å². The summed E-state index contributed by atoms with van der Waals surface area (Å²) in [4.78, 5) is 15.7. The molecule has 1 N–H and O–H groups in total. The first-order valence-corrected chi connectivity index (χ1v) is 10.5. The van der Waals surface area contributed by atoms with E-state index in [-0.39, 0.29) is 11.4 Å². The van der Waals surface area contributed by atoms with Crippen molar-refractivity contribution >= 4 is 29.0 Å². The van der Waals surface area contributed by atoms with Crippen molar-refractivity contribution in [3.63, 3.8) is 0 Å². The number of hydrogen-bond acceptors (Lipinski definition) is 7. The molecule has 26 heavy (non-hydrogen) atoms. The van der Waals surface area contributed by atoms with E-state index in [2.05, 4.69) is 34.3 Å². The van der Waals surface area contributed by atoms with Crippen LogP contribution in [0.5, 0.6) is 0 Å². The molecule has 1 fully saturated rings. The topological polar surface area (TPSA) is 72.3 Å². The third-order valence-electron chi connectivity index (χ3n) is 4.49. The summed E-state index contributed by atoms with van der Waals surface area (Å²) < 4.78 is 7.33. The Morgan fingerprint density at radius 2 is 2.15 bits per heavy atom. The molecule has 2 aromatic heterocycles. The number of carbonyl (C=O) groups excluding carboxylic acids is 1. The van der Waals surface area contributed by atoms with Crippen LogP contribution in [-0.4, -0.2) is 69.7 Å². The Morgan fingerprint density at radius 1 is 1.38 bits per heavy atom. The highest BCUT2D eigenvalue weighted by molar-refractivity contribution is 7.99. The van der Waals surface area contributed by atoms with Crippen LogP contribution in [-0.2, 0) is 16.6 Å². The fraction of sp³-hybridized carbons (Fsp3) is 0.588. The van der Waals surface area contributed by atoms with E-state index in [0.29, 0.717) is 12.3 Å². The molecule has 0 radical (unpaired) electrons. The van der Waals surface area contributed by atoms with Gasteiger partial charge in [0.25, 0.3) is 0 Å². The SMILES string of the molecule is Cn1c(SCC(=O)NCC(C)(C)N2CCOCC2)nnc1-c1cccs1. The summed E-state index contributed by atoms with van der Waals surface area (Å²) in [7, 11) is 1.93. The Bertz CT molecular complexity index is 724. The first-order valence-electron chi connectivity index (χ1n) is 8.63. The molecular formula is C17H25N5O2S2. The molecule has 0 bridgehead atoms. The number of rotatable bonds is 7. The lowest BCUT2D eigenvalue weighted by atomic mass is 10.0. The molecule has 0 saturated carbocycles. The zero-order chi connectivity index (χ0) is 18.6. The number of ether oxygens (including phenoxy) is 1. The fourth-order valence-electron chi connectivity index (χ4n) is 2.84. The maximum Gasteiger partial charge on any atom is 0.230 e. The third kappa shape index (κ3) is 4.64. The summed E-state index contributed by atoms with van der Waals surface area (Å²) in [5, 5.41) is 14.2. The molecular weight excluding hydrogens is 370 g/mol. The van der Waals surface area contributed by atoms with E-state index in [9.17, 15) is 4.79 Å². The number of thioether (sulfide) groups is 1. The van der Waals surface area contributed by atoms with E-state index in [4.69, 9.17) is 4.74 Å². The van der Waals surface area contributed by atoms with Gasteiger partial charge in [0, 0.05) is 32.2 Å². The van der Waals surface area contributed by atoms with Gasteiger partial charge >= 0.3 is 0 Å². The van der Waals surface area contributed by atoms with Gasteiger partial charge in [-0.05, 0) is 25.3 Å². The normalized spacial score (nSPS) is 16.0. The number of amides is 1. The molecule has 0 aliphatic carbocycles. The van der Waals surface area contributed by atoms with Gasteiger partial charge in [0.2, 0.25) is 5.91 Å². The van der Waals surface area contributed by atoms with Crippen LogP contribution in [0.2, 0.25) is 0 Å². The van der Waals surface area contributed by atoms with Crippen molar-refractivity contribution in [2.24, 2.45) is 7.05 Å². The Morgan fingerprint density at radius 3 is 2.85 bits per heavy atom. The lowest BCUT2D eigenvalue weighted by molar-refractivity contribution is -0.119. The first kappa shape index (κ1) is 19.3. The maximum absolute atomic E-state index is 12.3. The Balaban J connectivity index is 1.48. The standard InChI is InChI=1S/C17H25N5O2S2/c1-17(2,22-6-8-24-9-7-22)12-18-14(23)11-26-16-20-19-15(21(16)3)13-5-4-10-25-13/h4-5,10H,6-9,11-12H2,1-3H3,(H,18,23). The van der Waals surface area contributed by atoms with E-state index in [0.717, 1.165) is 42.2 Å². The van der Waals surface area contributed by atoms with Crippen LogP contribution in [0.15, 0.2) is 22.7 Å². The number of morpholine rings is 1. The Hall–Kier alpha value is -1.42. The molecule has 9 heteroatoms. The lowest BCUT2D eigenvalue weighted by Crippen LogP contribution is -2.55. The van der Waals surface area contributed by atoms with Crippen molar-refractivity contribution in [2.45, 2.75) is 24.5 Å². The number of hydrogen-bond donors (Lipinski definition) is 1. The highest BCUT2D eigenvalue weighted by Gasteiger charge is 2.28. The molecule has 0 unspecified atom stereocenters. The second kappa shape index (κ2) is 8.51. The van der Waals surface area contributed by atoms with Crippen LogP contribution in [0.3, 0.4) is 0 Å². The van der Waals surface area contributed by atoms with Gasteiger partial charge < -0.3 is 14.6 Å². The second-order valence-electron chi connectivity index (χ2n) is 6.82. The van der Waals surface area contributed by atoms with Crippen LogP contribution in [0.4, 0.5) is 0 Å². The summed E-state index contributed by atoms with van der Waals surface area (Å²) in [5.74, 6) is 1.17. The number of nitrogens with zero attached hydrogens (tertiary/aromatic N) is 4. The smallest absolute Gasteiger partial charge is 0.230 e. The van der Waals surface area contributed by atoms with Crippen LogP contribution in [0.25, 0.3) is 10.7 Å². The predicted octanol–water partition coefficient (Wildman–Crippen LogP) is 1.86. The number of aromatic nitrogens is 3. The van der Waals surface area contributed by atoms with Crippen LogP contribution < -0.4 is 5.32 Å². The number of thiophene rings is 1. The van der Waals surface area contributed by atoms with Crippen molar-refractivity contribution in [3.8, 4) is 10.7 Å². The number of carbonyl (C=O) groups is 1. The van der Waals surface area contributed by atoms with E-state index in [1.165, 1.54) is 11.8 Å². The molecule has 3 rings (SSSR count). The molecule has 3 heterocycles. The van der Waals surface area contributed by atoms with E-state index >= 15 is 0 Å². The van der Waals surface area contributed by atoms with Gasteiger partial charge in [0.05, 0.1) is 23.8 Å². The molecule has 7 nitrogen and oxygen atoms in total. The van der Waals surface area contributed by atoms with Gasteiger partial charge in [0.1, 0.15) is 0 Å². The minimum atomic E-state index is -0.0821.